The van der Waals surface area contributed by atoms with Crippen LogP contribution in [0.3, 0.4) is 0 Å². The monoisotopic (exact) mass is 321 g/mol. The van der Waals surface area contributed by atoms with E-state index in [0.717, 1.165) is 30.8 Å². The minimum absolute atomic E-state index is 0.107. The van der Waals surface area contributed by atoms with E-state index in [9.17, 15) is 8.42 Å². The molecule has 20 heavy (non-hydrogen) atoms. The third-order valence-corrected chi connectivity index (χ3v) is 4.57. The first kappa shape index (κ1) is 17.5. The Morgan fingerprint density at radius 1 is 1.40 bits per heavy atom. The molecule has 0 radical (unpaired) electrons. The molecule has 0 saturated carbocycles. The number of hydrogen-bond acceptors (Lipinski definition) is 4. The van der Waals surface area contributed by atoms with Gasteiger partial charge in [-0.1, -0.05) is 25.4 Å². The van der Waals surface area contributed by atoms with Crippen LogP contribution in [0.4, 0.5) is 0 Å². The van der Waals surface area contributed by atoms with Gasteiger partial charge in [0, 0.05) is 25.8 Å². The highest BCUT2D eigenvalue weighted by Crippen LogP contribution is 2.22. The normalized spacial score (nSPS) is 13.7. The third kappa shape index (κ3) is 5.07. The summed E-state index contributed by atoms with van der Waals surface area (Å²) in [5.74, 6) is 0.107. The van der Waals surface area contributed by atoms with E-state index in [2.05, 4.69) is 17.3 Å². The molecule has 1 unspecified atom stereocenters. The van der Waals surface area contributed by atoms with Crippen molar-refractivity contribution in [3.05, 3.63) is 16.4 Å². The van der Waals surface area contributed by atoms with Crippen molar-refractivity contribution in [1.82, 2.24) is 15.1 Å². The van der Waals surface area contributed by atoms with Crippen LogP contribution >= 0.6 is 11.6 Å². The minimum atomic E-state index is -3.03. The van der Waals surface area contributed by atoms with Crippen molar-refractivity contribution in [3.63, 3.8) is 0 Å². The number of nitrogens with zero attached hydrogens (tertiary/aromatic N) is 2. The number of nitrogens with one attached hydrogen (secondary N) is 1. The molecule has 0 bridgehead atoms. The van der Waals surface area contributed by atoms with Crippen LogP contribution in [0.1, 0.15) is 31.7 Å². The van der Waals surface area contributed by atoms with Gasteiger partial charge in [-0.25, -0.2) is 8.42 Å². The molecule has 1 heterocycles. The maximum atomic E-state index is 11.5. The molecule has 1 atom stereocenters. The Morgan fingerprint density at radius 3 is 2.50 bits per heavy atom. The smallest absolute Gasteiger partial charge is 0.148 e. The second-order valence-corrected chi connectivity index (χ2v) is 7.69. The summed E-state index contributed by atoms with van der Waals surface area (Å²) in [5.41, 5.74) is 1.75. The van der Waals surface area contributed by atoms with Crippen molar-refractivity contribution in [2.45, 2.75) is 39.2 Å². The van der Waals surface area contributed by atoms with Crippen LogP contribution in [0, 0.1) is 0 Å². The Bertz CT molecular complexity index is 540. The highest BCUT2D eigenvalue weighted by molar-refractivity contribution is 7.90. The molecule has 1 aromatic rings. The van der Waals surface area contributed by atoms with E-state index in [1.807, 2.05) is 14.0 Å². The Balaban J connectivity index is 2.91. The van der Waals surface area contributed by atoms with E-state index in [-0.39, 0.29) is 11.8 Å². The Kier molecular flexibility index (Phi) is 6.48. The van der Waals surface area contributed by atoms with Crippen LogP contribution < -0.4 is 5.32 Å². The molecule has 0 fully saturated rings. The molecule has 1 rings (SSSR count). The Labute approximate surface area is 126 Å². The van der Waals surface area contributed by atoms with Crippen LogP contribution in [0.2, 0.25) is 5.02 Å². The molecule has 0 aliphatic carbocycles. The maximum absolute atomic E-state index is 11.5. The molecule has 1 N–H and O–H groups in total. The lowest BCUT2D eigenvalue weighted by molar-refractivity contribution is 0.516. The fourth-order valence-electron chi connectivity index (χ4n) is 2.18. The number of hydrogen-bond donors (Lipinski definition) is 1. The van der Waals surface area contributed by atoms with E-state index in [0.29, 0.717) is 11.4 Å². The summed E-state index contributed by atoms with van der Waals surface area (Å²) in [6.07, 6.45) is 3.55. The molecule has 0 aromatic carbocycles. The molecule has 0 aliphatic heterocycles. The average Bonchev–Trinajstić information content (AvgIpc) is 2.61. The summed E-state index contributed by atoms with van der Waals surface area (Å²) in [6.45, 7) is 4.84. The Hall–Kier alpha value is -0.590. The zero-order valence-corrected chi connectivity index (χ0v) is 14.2. The summed E-state index contributed by atoms with van der Waals surface area (Å²) in [4.78, 5) is 0. The summed E-state index contributed by atoms with van der Waals surface area (Å²) in [6, 6.07) is -0.137. The quantitative estimate of drug-likeness (QED) is 0.790. The van der Waals surface area contributed by atoms with Gasteiger partial charge in [0.15, 0.2) is 0 Å². The van der Waals surface area contributed by atoms with E-state index in [4.69, 9.17) is 11.6 Å². The van der Waals surface area contributed by atoms with Gasteiger partial charge >= 0.3 is 0 Å². The van der Waals surface area contributed by atoms with Gasteiger partial charge in [-0.05, 0) is 19.4 Å². The number of halogens is 1. The number of aromatic nitrogens is 2. The first-order valence-corrected chi connectivity index (χ1v) is 9.33. The summed E-state index contributed by atoms with van der Waals surface area (Å²) < 4.78 is 24.8. The fourth-order valence-corrected chi connectivity index (χ4v) is 3.52. The lowest BCUT2D eigenvalue weighted by Gasteiger charge is -2.18. The van der Waals surface area contributed by atoms with Crippen molar-refractivity contribution in [2.75, 3.05) is 18.6 Å². The average molecular weight is 322 g/mol. The minimum Gasteiger partial charge on any atom is -0.313 e. The maximum Gasteiger partial charge on any atom is 0.148 e. The van der Waals surface area contributed by atoms with E-state index in [1.165, 1.54) is 6.26 Å². The van der Waals surface area contributed by atoms with Gasteiger partial charge in [0.05, 0.1) is 22.2 Å². The fraction of sp³-hybridized carbons (Fsp3) is 0.769. The first-order chi connectivity index (χ1) is 9.28. The first-order valence-electron chi connectivity index (χ1n) is 6.89. The van der Waals surface area contributed by atoms with Crippen molar-refractivity contribution in [2.24, 2.45) is 7.05 Å². The van der Waals surface area contributed by atoms with Gasteiger partial charge < -0.3 is 5.32 Å². The van der Waals surface area contributed by atoms with Crippen LogP contribution in [-0.2, 0) is 29.7 Å². The topological polar surface area (TPSA) is 64.0 Å². The van der Waals surface area contributed by atoms with Gasteiger partial charge in [-0.15, -0.1) is 0 Å². The van der Waals surface area contributed by atoms with Crippen LogP contribution in [0.15, 0.2) is 0 Å². The molecule has 0 saturated heterocycles. The number of rotatable bonds is 8. The number of sulfone groups is 1. The van der Waals surface area contributed by atoms with Crippen molar-refractivity contribution >= 4 is 21.4 Å². The van der Waals surface area contributed by atoms with Gasteiger partial charge in [0.25, 0.3) is 0 Å². The standard InChI is InChI=1S/C13H24ClN3O2S/c1-5-7-15-10(9-20(4,18)19)8-12-13(14)11(6-2)16-17(12)3/h10,15H,5-9H2,1-4H3. The van der Waals surface area contributed by atoms with E-state index < -0.39 is 9.84 Å². The molecule has 5 nitrogen and oxygen atoms in total. The second-order valence-electron chi connectivity index (χ2n) is 5.13. The molecule has 0 aliphatic rings. The zero-order valence-electron chi connectivity index (χ0n) is 12.6. The van der Waals surface area contributed by atoms with Crippen LogP contribution in [-0.4, -0.2) is 42.8 Å². The predicted octanol–water partition coefficient (Wildman–Crippen LogP) is 1.59. The van der Waals surface area contributed by atoms with Gasteiger partial charge in [0.2, 0.25) is 0 Å². The Morgan fingerprint density at radius 2 is 2.05 bits per heavy atom. The molecule has 7 heteroatoms. The molecule has 116 valence electrons. The van der Waals surface area contributed by atoms with Crippen molar-refractivity contribution in [3.8, 4) is 0 Å². The molecular formula is C13H24ClN3O2S. The summed E-state index contributed by atoms with van der Waals surface area (Å²) in [5, 5.41) is 8.30. The van der Waals surface area contributed by atoms with Gasteiger partial charge in [-0.2, -0.15) is 5.10 Å². The zero-order chi connectivity index (χ0) is 15.3. The lowest BCUT2D eigenvalue weighted by Crippen LogP contribution is -2.38. The largest absolute Gasteiger partial charge is 0.313 e. The van der Waals surface area contributed by atoms with E-state index >= 15 is 0 Å². The van der Waals surface area contributed by atoms with Gasteiger partial charge in [0.1, 0.15) is 9.84 Å². The molecule has 0 amide bonds. The molecule has 1 aromatic heterocycles. The van der Waals surface area contributed by atoms with E-state index in [1.54, 1.807) is 4.68 Å². The van der Waals surface area contributed by atoms with Crippen LogP contribution in [0.5, 0.6) is 0 Å². The summed E-state index contributed by atoms with van der Waals surface area (Å²) in [7, 11) is -1.19. The third-order valence-electron chi connectivity index (χ3n) is 3.13. The highest BCUT2D eigenvalue weighted by atomic mass is 35.5. The molecule has 0 spiro atoms. The highest BCUT2D eigenvalue weighted by Gasteiger charge is 2.20. The number of aryl methyl sites for hydroxylation is 2. The summed E-state index contributed by atoms with van der Waals surface area (Å²) >= 11 is 6.32. The van der Waals surface area contributed by atoms with Crippen LogP contribution in [0.25, 0.3) is 0 Å². The second kappa shape index (κ2) is 7.43. The van der Waals surface area contributed by atoms with Crippen molar-refractivity contribution < 1.29 is 8.42 Å². The van der Waals surface area contributed by atoms with Crippen molar-refractivity contribution in [1.29, 1.82) is 0 Å². The lowest BCUT2D eigenvalue weighted by atomic mass is 10.1. The predicted molar refractivity (Wildman–Crippen MR) is 83.1 cm³/mol. The SMILES string of the molecule is CCCNC(Cc1c(Cl)c(CC)nn1C)CS(C)(=O)=O. The molecular weight excluding hydrogens is 298 g/mol. The van der Waals surface area contributed by atoms with Gasteiger partial charge in [-0.3, -0.25) is 4.68 Å².